The van der Waals surface area contributed by atoms with E-state index in [-0.39, 0.29) is 0 Å². The summed E-state index contributed by atoms with van der Waals surface area (Å²) >= 11 is 0. The van der Waals surface area contributed by atoms with Crippen LogP contribution < -0.4 is 5.32 Å². The van der Waals surface area contributed by atoms with Crippen LogP contribution in [-0.4, -0.2) is 16.1 Å². The number of nitrogens with zero attached hydrogens (tertiary/aromatic N) is 2. The first kappa shape index (κ1) is 11.3. The molecule has 0 amide bonds. The van der Waals surface area contributed by atoms with Crippen LogP contribution in [0.4, 0.5) is 5.69 Å². The Bertz CT molecular complexity index is 542. The Morgan fingerprint density at radius 2 is 2.33 bits per heavy atom. The fourth-order valence-electron chi connectivity index (χ4n) is 2.61. The van der Waals surface area contributed by atoms with Crippen molar-refractivity contribution in [1.29, 1.82) is 0 Å². The van der Waals surface area contributed by atoms with Gasteiger partial charge in [-0.25, -0.2) is 4.98 Å². The molecule has 0 radical (unpaired) electrons. The zero-order chi connectivity index (χ0) is 12.4. The highest BCUT2D eigenvalue weighted by Crippen LogP contribution is 2.25. The van der Waals surface area contributed by atoms with Gasteiger partial charge >= 0.3 is 0 Å². The van der Waals surface area contributed by atoms with Crippen LogP contribution >= 0.6 is 0 Å². The summed E-state index contributed by atoms with van der Waals surface area (Å²) in [6.07, 6.45) is 8.52. The molecule has 18 heavy (non-hydrogen) atoms. The predicted molar refractivity (Wildman–Crippen MR) is 74.4 cm³/mol. The summed E-state index contributed by atoms with van der Waals surface area (Å²) < 4.78 is 2.21. The first-order chi connectivity index (χ1) is 8.88. The number of anilines is 1. The van der Waals surface area contributed by atoms with Gasteiger partial charge in [-0.05, 0) is 43.0 Å². The quantitative estimate of drug-likeness (QED) is 0.894. The Balaban J connectivity index is 1.98. The number of nitrogens with one attached hydrogen (secondary N) is 1. The van der Waals surface area contributed by atoms with Gasteiger partial charge in [0.05, 0.1) is 6.33 Å². The summed E-state index contributed by atoms with van der Waals surface area (Å²) in [5.74, 6) is 0. The molecule has 0 spiro atoms. The van der Waals surface area contributed by atoms with Crippen molar-refractivity contribution in [3.63, 3.8) is 0 Å². The van der Waals surface area contributed by atoms with Crippen molar-refractivity contribution in [2.75, 3.05) is 11.9 Å². The average molecular weight is 241 g/mol. The van der Waals surface area contributed by atoms with E-state index in [0.29, 0.717) is 0 Å². The molecule has 0 bridgehead atoms. The van der Waals surface area contributed by atoms with Gasteiger partial charge in [0.25, 0.3) is 0 Å². The summed E-state index contributed by atoms with van der Waals surface area (Å²) in [4.78, 5) is 4.28. The molecule has 0 saturated carbocycles. The first-order valence-corrected chi connectivity index (χ1v) is 6.77. The summed E-state index contributed by atoms with van der Waals surface area (Å²) in [7, 11) is 0. The second-order valence-electron chi connectivity index (χ2n) is 4.88. The maximum Gasteiger partial charge on any atom is 0.0994 e. The van der Waals surface area contributed by atoms with Gasteiger partial charge in [0.2, 0.25) is 0 Å². The van der Waals surface area contributed by atoms with Crippen LogP contribution in [0, 0.1) is 0 Å². The molecule has 0 aliphatic carbocycles. The number of hydrogen-bond acceptors (Lipinski definition) is 2. The third-order valence-electron chi connectivity index (χ3n) is 3.53. The number of aromatic nitrogens is 2. The summed E-state index contributed by atoms with van der Waals surface area (Å²) in [6.45, 7) is 3.30. The fourth-order valence-corrected chi connectivity index (χ4v) is 2.61. The molecule has 1 aromatic heterocycles. The van der Waals surface area contributed by atoms with Crippen molar-refractivity contribution in [3.8, 4) is 5.69 Å². The third-order valence-corrected chi connectivity index (χ3v) is 3.53. The minimum atomic E-state index is 1.08. The average Bonchev–Trinajstić information content (AvgIpc) is 2.87. The highest BCUT2D eigenvalue weighted by Gasteiger charge is 2.10. The molecule has 1 aliphatic heterocycles. The predicted octanol–water partition coefficient (Wildman–Crippen LogP) is 3.18. The number of aryl methyl sites for hydroxylation is 2. The van der Waals surface area contributed by atoms with Gasteiger partial charge in [-0.3, -0.25) is 0 Å². The normalized spacial score (nSPS) is 14.1. The van der Waals surface area contributed by atoms with Gasteiger partial charge in [-0.2, -0.15) is 0 Å². The van der Waals surface area contributed by atoms with Crippen LogP contribution in [0.2, 0.25) is 0 Å². The number of hydrogen-bond donors (Lipinski definition) is 1. The Labute approximate surface area is 108 Å². The lowest BCUT2D eigenvalue weighted by atomic mass is 10.0. The largest absolute Gasteiger partial charge is 0.385 e. The zero-order valence-electron chi connectivity index (χ0n) is 10.8. The molecule has 1 aromatic carbocycles. The van der Waals surface area contributed by atoms with E-state index in [1.165, 1.54) is 35.5 Å². The van der Waals surface area contributed by atoms with Crippen LogP contribution in [0.25, 0.3) is 5.69 Å². The molecule has 0 atom stereocenters. The third kappa shape index (κ3) is 2.01. The summed E-state index contributed by atoms with van der Waals surface area (Å²) in [5.41, 5.74) is 5.25. The molecule has 0 fully saturated rings. The van der Waals surface area contributed by atoms with E-state index in [2.05, 4.69) is 40.0 Å². The van der Waals surface area contributed by atoms with E-state index < -0.39 is 0 Å². The van der Waals surface area contributed by atoms with Crippen LogP contribution in [0.3, 0.4) is 0 Å². The smallest absolute Gasteiger partial charge is 0.0994 e. The maximum absolute atomic E-state index is 4.28. The van der Waals surface area contributed by atoms with E-state index in [4.69, 9.17) is 0 Å². The number of imidazole rings is 1. The van der Waals surface area contributed by atoms with Crippen LogP contribution in [0.1, 0.15) is 31.0 Å². The highest BCUT2D eigenvalue weighted by molar-refractivity contribution is 5.57. The number of rotatable bonds is 3. The molecule has 3 nitrogen and oxygen atoms in total. The molecule has 3 heteroatoms. The van der Waals surface area contributed by atoms with Gasteiger partial charge in [0, 0.05) is 29.8 Å². The lowest BCUT2D eigenvalue weighted by Gasteiger charge is -2.19. The first-order valence-electron chi connectivity index (χ1n) is 6.77. The van der Waals surface area contributed by atoms with Crippen LogP contribution in [0.5, 0.6) is 0 Å². The summed E-state index contributed by atoms with van der Waals surface area (Å²) in [6, 6.07) is 6.67. The van der Waals surface area contributed by atoms with E-state index in [1.54, 1.807) is 0 Å². The van der Waals surface area contributed by atoms with Crippen molar-refractivity contribution < 1.29 is 0 Å². The lowest BCUT2D eigenvalue weighted by Crippen LogP contribution is -2.12. The molecule has 3 rings (SSSR count). The highest BCUT2D eigenvalue weighted by atomic mass is 15.0. The maximum atomic E-state index is 4.28. The minimum absolute atomic E-state index is 1.08. The zero-order valence-corrected chi connectivity index (χ0v) is 10.8. The molecule has 0 saturated heterocycles. The molecule has 1 aliphatic rings. The van der Waals surface area contributed by atoms with Gasteiger partial charge in [-0.1, -0.05) is 13.3 Å². The van der Waals surface area contributed by atoms with Crippen molar-refractivity contribution in [2.24, 2.45) is 0 Å². The topological polar surface area (TPSA) is 29.9 Å². The molecular formula is C15H19N3. The van der Waals surface area contributed by atoms with Gasteiger partial charge in [0.1, 0.15) is 0 Å². The molecule has 0 unspecified atom stereocenters. The molecule has 1 N–H and O–H groups in total. The fraction of sp³-hybridized carbons (Fsp3) is 0.400. The number of benzene rings is 1. The van der Waals surface area contributed by atoms with Gasteiger partial charge < -0.3 is 9.88 Å². The Morgan fingerprint density at radius 3 is 3.22 bits per heavy atom. The molecule has 2 aromatic rings. The SMILES string of the molecule is CCCc1cncn1-c1ccc2c(c1)CCCN2. The van der Waals surface area contributed by atoms with E-state index in [1.807, 2.05) is 12.5 Å². The van der Waals surface area contributed by atoms with Crippen LogP contribution in [0.15, 0.2) is 30.7 Å². The van der Waals surface area contributed by atoms with Gasteiger partial charge in [-0.15, -0.1) is 0 Å². The van der Waals surface area contributed by atoms with E-state index in [0.717, 1.165) is 19.4 Å². The Kier molecular flexibility index (Phi) is 3.05. The minimum Gasteiger partial charge on any atom is -0.385 e. The van der Waals surface area contributed by atoms with Crippen LogP contribution in [-0.2, 0) is 12.8 Å². The van der Waals surface area contributed by atoms with Crippen molar-refractivity contribution in [2.45, 2.75) is 32.6 Å². The molecule has 2 heterocycles. The summed E-state index contributed by atoms with van der Waals surface area (Å²) in [5, 5.41) is 3.45. The molecular weight excluding hydrogens is 222 g/mol. The van der Waals surface area contributed by atoms with Gasteiger partial charge in [0.15, 0.2) is 0 Å². The second-order valence-corrected chi connectivity index (χ2v) is 4.88. The van der Waals surface area contributed by atoms with Crippen molar-refractivity contribution >= 4 is 5.69 Å². The Hall–Kier alpha value is -1.77. The monoisotopic (exact) mass is 241 g/mol. The molecule has 94 valence electrons. The van der Waals surface area contributed by atoms with Crippen molar-refractivity contribution in [3.05, 3.63) is 42.0 Å². The second kappa shape index (κ2) is 4.84. The van der Waals surface area contributed by atoms with E-state index in [9.17, 15) is 0 Å². The lowest BCUT2D eigenvalue weighted by molar-refractivity contribution is 0.819. The number of fused-ring (bicyclic) bond motifs is 1. The Morgan fingerprint density at radius 1 is 1.39 bits per heavy atom. The van der Waals surface area contributed by atoms with Crippen molar-refractivity contribution in [1.82, 2.24) is 9.55 Å². The standard InChI is InChI=1S/C15H19N3/c1-2-4-14-10-16-11-18(14)13-6-7-15-12(9-13)5-3-8-17-15/h6-7,9-11,17H,2-5,8H2,1H3. The van der Waals surface area contributed by atoms with E-state index >= 15 is 0 Å².